The van der Waals surface area contributed by atoms with Gasteiger partial charge >= 0.3 is 0 Å². The summed E-state index contributed by atoms with van der Waals surface area (Å²) in [6.07, 6.45) is 0. The smallest absolute Gasteiger partial charge is 0.292 e. The second kappa shape index (κ2) is 7.43. The molecular weight excluding hydrogens is 332 g/mol. The molecule has 26 heavy (non-hydrogen) atoms. The van der Waals surface area contributed by atoms with Crippen LogP contribution in [0.4, 0.5) is 17.1 Å². The third kappa shape index (κ3) is 3.61. The number of hydrogen-bond donors (Lipinski definition) is 0. The fraction of sp³-hybridized carbons (Fsp3) is 0.316. The molecule has 0 saturated carbocycles. The van der Waals surface area contributed by atoms with E-state index in [9.17, 15) is 14.9 Å². The number of nitrogens with zero attached hydrogens (tertiary/aromatic N) is 4. The molecule has 1 heterocycles. The number of nitro benzene ring substituents is 1. The molecule has 0 spiro atoms. The highest BCUT2D eigenvalue weighted by Gasteiger charge is 2.25. The van der Waals surface area contributed by atoms with E-state index in [1.54, 1.807) is 23.1 Å². The van der Waals surface area contributed by atoms with Crippen LogP contribution in [-0.4, -0.2) is 56.0 Å². The minimum absolute atomic E-state index is 0.00230. The summed E-state index contributed by atoms with van der Waals surface area (Å²) in [4.78, 5) is 29.3. The fourth-order valence-electron chi connectivity index (χ4n) is 3.12. The molecule has 1 amide bonds. The van der Waals surface area contributed by atoms with Crippen LogP contribution in [0.1, 0.15) is 10.4 Å². The quantitative estimate of drug-likeness (QED) is 0.624. The normalized spacial score (nSPS) is 14.2. The van der Waals surface area contributed by atoms with E-state index >= 15 is 0 Å². The van der Waals surface area contributed by atoms with Crippen molar-refractivity contribution in [1.82, 2.24) is 4.90 Å². The maximum absolute atomic E-state index is 12.7. The molecule has 0 atom stereocenters. The number of nitro groups is 1. The van der Waals surface area contributed by atoms with Crippen LogP contribution in [0.15, 0.2) is 48.5 Å². The summed E-state index contributed by atoms with van der Waals surface area (Å²) in [5.41, 5.74) is 2.42. The highest BCUT2D eigenvalue weighted by atomic mass is 16.6. The first-order valence-corrected chi connectivity index (χ1v) is 8.52. The Labute approximate surface area is 152 Å². The maximum Gasteiger partial charge on any atom is 0.292 e. The van der Waals surface area contributed by atoms with Gasteiger partial charge in [-0.05, 0) is 30.3 Å². The van der Waals surface area contributed by atoms with Crippen LogP contribution in [0.3, 0.4) is 0 Å². The first-order valence-electron chi connectivity index (χ1n) is 8.52. The molecule has 0 N–H and O–H groups in total. The number of carbonyl (C=O) groups excluding carboxylic acids is 1. The molecule has 0 aromatic heterocycles. The van der Waals surface area contributed by atoms with Gasteiger partial charge in [-0.3, -0.25) is 14.9 Å². The second-order valence-corrected chi connectivity index (χ2v) is 6.47. The predicted octanol–water partition coefficient (Wildman–Crippen LogP) is 2.62. The number of benzene rings is 2. The second-order valence-electron chi connectivity index (χ2n) is 6.47. The van der Waals surface area contributed by atoms with Crippen molar-refractivity contribution in [2.24, 2.45) is 0 Å². The van der Waals surface area contributed by atoms with Crippen molar-refractivity contribution >= 4 is 23.0 Å². The minimum Gasteiger partial charge on any atom is -0.378 e. The van der Waals surface area contributed by atoms with Crippen LogP contribution in [0.2, 0.25) is 0 Å². The van der Waals surface area contributed by atoms with Crippen molar-refractivity contribution in [3.05, 3.63) is 64.2 Å². The molecule has 1 aliphatic rings. The zero-order valence-corrected chi connectivity index (χ0v) is 15.0. The third-order valence-corrected chi connectivity index (χ3v) is 4.62. The van der Waals surface area contributed by atoms with E-state index in [4.69, 9.17) is 0 Å². The van der Waals surface area contributed by atoms with Crippen molar-refractivity contribution in [2.75, 3.05) is 50.1 Å². The number of carbonyl (C=O) groups is 1. The lowest BCUT2D eigenvalue weighted by Gasteiger charge is -2.35. The molecular formula is C19H22N4O3. The largest absolute Gasteiger partial charge is 0.378 e. The van der Waals surface area contributed by atoms with Gasteiger partial charge in [-0.2, -0.15) is 0 Å². The standard InChI is InChI=1S/C19H22N4O3/c1-20(2)16-9-7-15(8-10-16)19(24)22-13-11-21(12-14-22)17-5-3-4-6-18(17)23(25)26/h3-10H,11-14H2,1-2H3. The Morgan fingerprint density at radius 3 is 2.19 bits per heavy atom. The summed E-state index contributed by atoms with van der Waals surface area (Å²) >= 11 is 0. The average molecular weight is 354 g/mol. The monoisotopic (exact) mass is 354 g/mol. The number of para-hydroxylation sites is 2. The third-order valence-electron chi connectivity index (χ3n) is 4.62. The van der Waals surface area contributed by atoms with Crippen molar-refractivity contribution in [1.29, 1.82) is 0 Å². The molecule has 1 aliphatic heterocycles. The van der Waals surface area contributed by atoms with E-state index < -0.39 is 0 Å². The van der Waals surface area contributed by atoms with E-state index in [0.29, 0.717) is 37.4 Å². The molecule has 1 saturated heterocycles. The molecule has 0 aliphatic carbocycles. The molecule has 2 aromatic rings. The lowest BCUT2D eigenvalue weighted by molar-refractivity contribution is -0.384. The molecule has 7 heteroatoms. The van der Waals surface area contributed by atoms with Gasteiger partial charge in [0, 0.05) is 57.6 Å². The van der Waals surface area contributed by atoms with Gasteiger partial charge in [0.05, 0.1) is 4.92 Å². The van der Waals surface area contributed by atoms with Crippen molar-refractivity contribution in [2.45, 2.75) is 0 Å². The van der Waals surface area contributed by atoms with Gasteiger partial charge in [0.25, 0.3) is 11.6 Å². The highest BCUT2D eigenvalue weighted by molar-refractivity contribution is 5.94. The van der Waals surface area contributed by atoms with Gasteiger partial charge in [-0.1, -0.05) is 12.1 Å². The molecule has 3 rings (SSSR count). The molecule has 136 valence electrons. The first kappa shape index (κ1) is 17.7. The van der Waals surface area contributed by atoms with Crippen LogP contribution in [0.5, 0.6) is 0 Å². The zero-order valence-electron chi connectivity index (χ0n) is 15.0. The van der Waals surface area contributed by atoms with Crippen LogP contribution in [-0.2, 0) is 0 Å². The Morgan fingerprint density at radius 1 is 1.00 bits per heavy atom. The van der Waals surface area contributed by atoms with E-state index in [1.165, 1.54) is 6.07 Å². The number of hydrogen-bond acceptors (Lipinski definition) is 5. The van der Waals surface area contributed by atoms with E-state index in [0.717, 1.165) is 5.69 Å². The lowest BCUT2D eigenvalue weighted by Crippen LogP contribution is -2.48. The van der Waals surface area contributed by atoms with Gasteiger partial charge in [0.2, 0.25) is 0 Å². The average Bonchev–Trinajstić information content (AvgIpc) is 2.67. The SMILES string of the molecule is CN(C)c1ccc(C(=O)N2CCN(c3ccccc3[N+](=O)[O-])CC2)cc1. The molecule has 0 radical (unpaired) electrons. The molecule has 7 nitrogen and oxygen atoms in total. The molecule has 2 aromatic carbocycles. The van der Waals surface area contributed by atoms with Crippen molar-refractivity contribution in [3.8, 4) is 0 Å². The Kier molecular flexibility index (Phi) is 5.06. The van der Waals surface area contributed by atoms with E-state index in [2.05, 4.69) is 0 Å². The van der Waals surface area contributed by atoms with Crippen molar-refractivity contribution < 1.29 is 9.72 Å². The summed E-state index contributed by atoms with van der Waals surface area (Å²) in [5.74, 6) is -0.00230. The lowest BCUT2D eigenvalue weighted by atomic mass is 10.1. The Morgan fingerprint density at radius 2 is 1.62 bits per heavy atom. The number of amides is 1. The number of piperazine rings is 1. The molecule has 0 bridgehead atoms. The first-order chi connectivity index (χ1) is 12.5. The van der Waals surface area contributed by atoms with Crippen LogP contribution in [0.25, 0.3) is 0 Å². The van der Waals surface area contributed by atoms with Gasteiger partial charge < -0.3 is 14.7 Å². The van der Waals surface area contributed by atoms with Gasteiger partial charge in [-0.15, -0.1) is 0 Å². The Hall–Kier alpha value is -3.09. The summed E-state index contributed by atoms with van der Waals surface area (Å²) < 4.78 is 0. The maximum atomic E-state index is 12.7. The summed E-state index contributed by atoms with van der Waals surface area (Å²) in [6.45, 7) is 2.24. The van der Waals surface area contributed by atoms with E-state index in [1.807, 2.05) is 48.2 Å². The Bertz CT molecular complexity index is 797. The van der Waals surface area contributed by atoms with Crippen LogP contribution < -0.4 is 9.80 Å². The summed E-state index contributed by atoms with van der Waals surface area (Å²) in [6, 6.07) is 14.3. The zero-order chi connectivity index (χ0) is 18.7. The van der Waals surface area contributed by atoms with E-state index in [-0.39, 0.29) is 16.5 Å². The Balaban J connectivity index is 1.67. The van der Waals surface area contributed by atoms with Gasteiger partial charge in [-0.25, -0.2) is 0 Å². The molecule has 0 unspecified atom stereocenters. The van der Waals surface area contributed by atoms with Crippen molar-refractivity contribution in [3.63, 3.8) is 0 Å². The van der Waals surface area contributed by atoms with Gasteiger partial charge in [0.1, 0.15) is 5.69 Å². The van der Waals surface area contributed by atoms with Crippen LogP contribution in [0, 0.1) is 10.1 Å². The van der Waals surface area contributed by atoms with Gasteiger partial charge in [0.15, 0.2) is 0 Å². The highest BCUT2D eigenvalue weighted by Crippen LogP contribution is 2.28. The topological polar surface area (TPSA) is 69.9 Å². The predicted molar refractivity (Wildman–Crippen MR) is 102 cm³/mol. The summed E-state index contributed by atoms with van der Waals surface area (Å²) in [5, 5.41) is 11.2. The fourth-order valence-corrected chi connectivity index (χ4v) is 3.12. The van der Waals surface area contributed by atoms with Crippen LogP contribution >= 0.6 is 0 Å². The minimum atomic E-state index is -0.362. The number of rotatable bonds is 4. The number of anilines is 2. The summed E-state index contributed by atoms with van der Waals surface area (Å²) in [7, 11) is 3.91. The molecule has 1 fully saturated rings.